The summed E-state index contributed by atoms with van der Waals surface area (Å²) in [7, 11) is 0. The number of aryl methyl sites for hydroxylation is 1. The number of rotatable bonds is 2. The quantitative estimate of drug-likeness (QED) is 0.782. The van der Waals surface area contributed by atoms with Crippen molar-refractivity contribution < 1.29 is 4.79 Å². The first-order chi connectivity index (χ1) is 10.1. The van der Waals surface area contributed by atoms with Gasteiger partial charge in [0.15, 0.2) is 0 Å². The molecule has 0 unspecified atom stereocenters. The fraction of sp³-hybridized carbons (Fsp3) is 0.0625. The predicted octanol–water partition coefficient (Wildman–Crippen LogP) is 3.84. The second-order valence-corrected chi connectivity index (χ2v) is 5.07. The number of carbonyl (C=O) groups excluding carboxylic acids is 1. The summed E-state index contributed by atoms with van der Waals surface area (Å²) in [6.45, 7) is 1.93. The Morgan fingerprint density at radius 2 is 2.05 bits per heavy atom. The Morgan fingerprint density at radius 1 is 1.19 bits per heavy atom. The molecule has 3 aromatic rings. The molecule has 0 fully saturated rings. The van der Waals surface area contributed by atoms with Crippen molar-refractivity contribution >= 4 is 34.1 Å². The summed E-state index contributed by atoms with van der Waals surface area (Å²) >= 11 is 5.87. The molecule has 1 N–H and O–H groups in total. The third-order valence-electron chi connectivity index (χ3n) is 3.07. The topological polar surface area (TPSA) is 54.9 Å². The molecular formula is C16H12ClN3O. The van der Waals surface area contributed by atoms with E-state index in [2.05, 4.69) is 15.3 Å². The highest BCUT2D eigenvalue weighted by molar-refractivity contribution is 6.31. The summed E-state index contributed by atoms with van der Waals surface area (Å²) in [6, 6.07) is 12.6. The lowest BCUT2D eigenvalue weighted by molar-refractivity contribution is 0.102. The maximum absolute atomic E-state index is 12.2. The maximum Gasteiger partial charge on any atom is 0.274 e. The van der Waals surface area contributed by atoms with E-state index >= 15 is 0 Å². The minimum absolute atomic E-state index is 0.277. The Balaban J connectivity index is 1.96. The first kappa shape index (κ1) is 13.5. The Labute approximate surface area is 126 Å². The van der Waals surface area contributed by atoms with Crippen LogP contribution in [-0.2, 0) is 0 Å². The van der Waals surface area contributed by atoms with E-state index in [0.29, 0.717) is 10.7 Å². The third kappa shape index (κ3) is 2.85. The molecule has 0 aliphatic rings. The minimum atomic E-state index is -0.300. The fourth-order valence-electron chi connectivity index (χ4n) is 2.08. The summed E-state index contributed by atoms with van der Waals surface area (Å²) in [4.78, 5) is 20.7. The van der Waals surface area contributed by atoms with E-state index in [1.54, 1.807) is 6.07 Å². The highest BCUT2D eigenvalue weighted by Gasteiger charge is 2.10. The lowest BCUT2D eigenvalue weighted by Gasteiger charge is -2.08. The Morgan fingerprint density at radius 3 is 2.86 bits per heavy atom. The predicted molar refractivity (Wildman–Crippen MR) is 83.7 cm³/mol. The van der Waals surface area contributed by atoms with Crippen molar-refractivity contribution in [3.63, 3.8) is 0 Å². The molecule has 0 aliphatic heterocycles. The molecule has 0 radical (unpaired) electrons. The van der Waals surface area contributed by atoms with E-state index in [-0.39, 0.29) is 11.6 Å². The first-order valence-corrected chi connectivity index (χ1v) is 6.80. The van der Waals surface area contributed by atoms with Crippen LogP contribution in [0.3, 0.4) is 0 Å². The number of pyridine rings is 2. The number of carbonyl (C=O) groups is 1. The molecule has 5 heteroatoms. The van der Waals surface area contributed by atoms with Crippen molar-refractivity contribution in [1.82, 2.24) is 9.97 Å². The van der Waals surface area contributed by atoms with Gasteiger partial charge in [0.2, 0.25) is 0 Å². The third-order valence-corrected chi connectivity index (χ3v) is 3.31. The normalized spacial score (nSPS) is 10.6. The lowest BCUT2D eigenvalue weighted by Crippen LogP contribution is -2.13. The van der Waals surface area contributed by atoms with Gasteiger partial charge in [-0.2, -0.15) is 0 Å². The van der Waals surface area contributed by atoms with Crippen LogP contribution < -0.4 is 5.32 Å². The smallest absolute Gasteiger partial charge is 0.274 e. The van der Waals surface area contributed by atoms with Crippen molar-refractivity contribution in [1.29, 1.82) is 0 Å². The van der Waals surface area contributed by atoms with E-state index in [9.17, 15) is 4.79 Å². The van der Waals surface area contributed by atoms with Gasteiger partial charge in [-0.1, -0.05) is 17.7 Å². The fourth-order valence-corrected chi connectivity index (χ4v) is 2.24. The van der Waals surface area contributed by atoms with Gasteiger partial charge in [-0.15, -0.1) is 0 Å². The number of aromatic nitrogens is 2. The highest BCUT2D eigenvalue weighted by Crippen LogP contribution is 2.22. The molecule has 2 heterocycles. The number of benzene rings is 1. The zero-order valence-electron chi connectivity index (χ0n) is 11.3. The Hall–Kier alpha value is -2.46. The molecule has 0 spiro atoms. The number of anilines is 1. The van der Waals surface area contributed by atoms with Crippen molar-refractivity contribution in [2.75, 3.05) is 5.32 Å². The van der Waals surface area contributed by atoms with Gasteiger partial charge in [0.05, 0.1) is 11.2 Å². The van der Waals surface area contributed by atoms with Gasteiger partial charge in [-0.3, -0.25) is 14.8 Å². The van der Waals surface area contributed by atoms with Crippen LogP contribution in [0.2, 0.25) is 5.02 Å². The van der Waals surface area contributed by atoms with Crippen LogP contribution >= 0.6 is 11.6 Å². The van der Waals surface area contributed by atoms with E-state index in [1.165, 1.54) is 12.3 Å². The standard InChI is InChI=1S/C16H12ClN3O/c1-10-5-6-12-13(19-10)3-2-4-14(12)20-16(21)15-9-11(17)7-8-18-15/h2-9H,1H3,(H,20,21). The van der Waals surface area contributed by atoms with Crippen molar-refractivity contribution in [2.24, 2.45) is 0 Å². The van der Waals surface area contributed by atoms with Crippen LogP contribution in [-0.4, -0.2) is 15.9 Å². The molecule has 0 saturated carbocycles. The van der Waals surface area contributed by atoms with E-state index < -0.39 is 0 Å². The van der Waals surface area contributed by atoms with Gasteiger partial charge in [-0.25, -0.2) is 0 Å². The summed E-state index contributed by atoms with van der Waals surface area (Å²) < 4.78 is 0. The monoisotopic (exact) mass is 297 g/mol. The number of nitrogens with one attached hydrogen (secondary N) is 1. The lowest BCUT2D eigenvalue weighted by atomic mass is 10.1. The van der Waals surface area contributed by atoms with Crippen LogP contribution in [0.4, 0.5) is 5.69 Å². The Kier molecular flexibility index (Phi) is 3.54. The van der Waals surface area contributed by atoms with Gasteiger partial charge in [-0.05, 0) is 43.3 Å². The molecule has 4 nitrogen and oxygen atoms in total. The minimum Gasteiger partial charge on any atom is -0.320 e. The average molecular weight is 298 g/mol. The molecule has 104 valence electrons. The maximum atomic E-state index is 12.2. The molecule has 0 aliphatic carbocycles. The van der Waals surface area contributed by atoms with Crippen LogP contribution in [0.5, 0.6) is 0 Å². The van der Waals surface area contributed by atoms with Crippen LogP contribution in [0.1, 0.15) is 16.2 Å². The largest absolute Gasteiger partial charge is 0.320 e. The molecule has 1 aromatic carbocycles. The van der Waals surface area contributed by atoms with E-state index in [4.69, 9.17) is 11.6 Å². The van der Waals surface area contributed by atoms with Crippen molar-refractivity contribution in [2.45, 2.75) is 6.92 Å². The number of hydrogen-bond donors (Lipinski definition) is 1. The second kappa shape index (κ2) is 5.50. The van der Waals surface area contributed by atoms with Gasteiger partial charge >= 0.3 is 0 Å². The molecule has 0 bridgehead atoms. The van der Waals surface area contributed by atoms with Crippen LogP contribution in [0, 0.1) is 6.92 Å². The van der Waals surface area contributed by atoms with Gasteiger partial charge in [0, 0.05) is 22.3 Å². The number of fused-ring (bicyclic) bond motifs is 1. The SMILES string of the molecule is Cc1ccc2c(NC(=O)c3cc(Cl)ccn3)cccc2n1. The molecule has 3 rings (SSSR count). The van der Waals surface area contributed by atoms with E-state index in [1.807, 2.05) is 37.3 Å². The molecule has 2 aromatic heterocycles. The van der Waals surface area contributed by atoms with Gasteiger partial charge in [0.1, 0.15) is 5.69 Å². The number of halogens is 1. The van der Waals surface area contributed by atoms with E-state index in [0.717, 1.165) is 16.6 Å². The van der Waals surface area contributed by atoms with Crippen LogP contribution in [0.15, 0.2) is 48.7 Å². The van der Waals surface area contributed by atoms with Gasteiger partial charge < -0.3 is 5.32 Å². The molecule has 21 heavy (non-hydrogen) atoms. The highest BCUT2D eigenvalue weighted by atomic mass is 35.5. The van der Waals surface area contributed by atoms with Crippen LogP contribution in [0.25, 0.3) is 10.9 Å². The molecule has 1 amide bonds. The summed E-state index contributed by atoms with van der Waals surface area (Å²) in [5, 5.41) is 4.21. The molecule has 0 saturated heterocycles. The van der Waals surface area contributed by atoms with Gasteiger partial charge in [0.25, 0.3) is 5.91 Å². The summed E-state index contributed by atoms with van der Waals surface area (Å²) in [5.41, 5.74) is 2.75. The van der Waals surface area contributed by atoms with Crippen molar-refractivity contribution in [3.8, 4) is 0 Å². The molecule has 0 atom stereocenters. The Bertz CT molecular complexity index is 833. The second-order valence-electron chi connectivity index (χ2n) is 4.64. The number of hydrogen-bond acceptors (Lipinski definition) is 3. The van der Waals surface area contributed by atoms with Crippen molar-refractivity contribution in [3.05, 3.63) is 65.1 Å². The first-order valence-electron chi connectivity index (χ1n) is 6.43. The summed E-state index contributed by atoms with van der Waals surface area (Å²) in [5.74, 6) is -0.300. The zero-order valence-corrected chi connectivity index (χ0v) is 12.1. The number of nitrogens with zero attached hydrogens (tertiary/aromatic N) is 2. The molecular weight excluding hydrogens is 286 g/mol. The summed E-state index contributed by atoms with van der Waals surface area (Å²) in [6.07, 6.45) is 1.51. The average Bonchev–Trinajstić information content (AvgIpc) is 2.47. The zero-order chi connectivity index (χ0) is 14.8. The number of amides is 1.